The molecule has 1 amide bonds. The lowest BCUT2D eigenvalue weighted by Crippen LogP contribution is -2.49. The Balaban J connectivity index is 1.70. The number of nitrogens with one attached hydrogen (secondary N) is 1. The number of anilines is 1. The van der Waals surface area contributed by atoms with Crippen molar-refractivity contribution in [3.8, 4) is 0 Å². The summed E-state index contributed by atoms with van der Waals surface area (Å²) in [4.78, 5) is 37.8. The van der Waals surface area contributed by atoms with Gasteiger partial charge in [-0.05, 0) is 41.5 Å². The Morgan fingerprint density at radius 2 is 1.69 bits per heavy atom. The summed E-state index contributed by atoms with van der Waals surface area (Å²) in [5, 5.41) is 4.46. The van der Waals surface area contributed by atoms with E-state index >= 15 is 0 Å². The number of carbonyl (C=O) groups is 3. The number of rotatable bonds is 3. The fourth-order valence-electron chi connectivity index (χ4n) is 3.54. The molecule has 0 fully saturated rings. The van der Waals surface area contributed by atoms with Crippen molar-refractivity contribution in [3.05, 3.63) is 77.4 Å². The molecule has 0 bridgehead atoms. The van der Waals surface area contributed by atoms with Crippen LogP contribution in [0.15, 0.2) is 60.7 Å². The zero-order valence-corrected chi connectivity index (χ0v) is 16.0. The molecular formula is C23H19NO5. The van der Waals surface area contributed by atoms with Gasteiger partial charge in [-0.2, -0.15) is 0 Å². The zero-order valence-electron chi connectivity index (χ0n) is 16.0. The lowest BCUT2D eigenvalue weighted by Gasteiger charge is -2.33. The molecule has 0 spiro atoms. The van der Waals surface area contributed by atoms with Crippen LogP contribution in [0.25, 0.3) is 10.8 Å². The number of ether oxygens (including phenoxy) is 2. The molecule has 1 unspecified atom stereocenters. The third-order valence-electron chi connectivity index (χ3n) is 5.10. The van der Waals surface area contributed by atoms with Crippen molar-refractivity contribution >= 4 is 34.3 Å². The molecular weight excluding hydrogens is 370 g/mol. The largest absolute Gasteiger partial charge is 0.465 e. The maximum atomic E-state index is 13.1. The van der Waals surface area contributed by atoms with Gasteiger partial charge in [-0.3, -0.25) is 4.79 Å². The van der Waals surface area contributed by atoms with Gasteiger partial charge in [0.2, 0.25) is 0 Å². The van der Waals surface area contributed by atoms with Gasteiger partial charge in [-0.25, -0.2) is 9.59 Å². The minimum atomic E-state index is -1.40. The molecule has 0 radical (unpaired) electrons. The Hall–Kier alpha value is -3.67. The van der Waals surface area contributed by atoms with Crippen LogP contribution >= 0.6 is 0 Å². The van der Waals surface area contributed by atoms with E-state index in [1.54, 1.807) is 37.3 Å². The SMILES string of the molecule is COC(=O)c1cc2ccccc2cc1NC(=O)C1(C)Cc2ccccc2C(=O)O1. The molecule has 6 nitrogen and oxygen atoms in total. The number of cyclic esters (lactones) is 1. The highest BCUT2D eigenvalue weighted by atomic mass is 16.6. The van der Waals surface area contributed by atoms with Gasteiger partial charge in [0.1, 0.15) is 0 Å². The number of esters is 2. The highest BCUT2D eigenvalue weighted by Gasteiger charge is 2.43. The molecule has 1 heterocycles. The second kappa shape index (κ2) is 7.05. The van der Waals surface area contributed by atoms with E-state index in [0.717, 1.165) is 16.3 Å². The Labute approximate surface area is 167 Å². The van der Waals surface area contributed by atoms with Crippen LogP contribution in [0.2, 0.25) is 0 Å². The van der Waals surface area contributed by atoms with Gasteiger partial charge in [-0.1, -0.05) is 42.5 Å². The minimum absolute atomic E-state index is 0.227. The number of hydrogen-bond donors (Lipinski definition) is 1. The van der Waals surface area contributed by atoms with Crippen LogP contribution in [0.4, 0.5) is 5.69 Å². The fraction of sp³-hybridized carbons (Fsp3) is 0.174. The minimum Gasteiger partial charge on any atom is -0.465 e. The van der Waals surface area contributed by atoms with Crippen LogP contribution in [0.5, 0.6) is 0 Å². The monoisotopic (exact) mass is 389 g/mol. The summed E-state index contributed by atoms with van der Waals surface area (Å²) >= 11 is 0. The first kappa shape index (κ1) is 18.7. The highest BCUT2D eigenvalue weighted by Crippen LogP contribution is 2.31. The predicted octanol–water partition coefficient (Wildman–Crippen LogP) is 3.74. The molecule has 6 heteroatoms. The average Bonchev–Trinajstić information content (AvgIpc) is 2.72. The average molecular weight is 389 g/mol. The molecule has 3 aromatic rings. The van der Waals surface area contributed by atoms with E-state index in [1.807, 2.05) is 30.3 Å². The van der Waals surface area contributed by atoms with Gasteiger partial charge in [0, 0.05) is 6.42 Å². The summed E-state index contributed by atoms with van der Waals surface area (Å²) in [6, 6.07) is 17.9. The van der Waals surface area contributed by atoms with E-state index in [9.17, 15) is 14.4 Å². The Morgan fingerprint density at radius 1 is 1.03 bits per heavy atom. The van der Waals surface area contributed by atoms with Crippen molar-refractivity contribution in [2.75, 3.05) is 12.4 Å². The van der Waals surface area contributed by atoms with Crippen molar-refractivity contribution in [2.45, 2.75) is 18.9 Å². The van der Waals surface area contributed by atoms with E-state index < -0.39 is 23.4 Å². The van der Waals surface area contributed by atoms with Crippen LogP contribution < -0.4 is 5.32 Å². The third-order valence-corrected chi connectivity index (χ3v) is 5.10. The summed E-state index contributed by atoms with van der Waals surface area (Å²) in [5.74, 6) is -1.63. The van der Waals surface area contributed by atoms with Crippen LogP contribution in [0, 0.1) is 0 Å². The molecule has 0 saturated heterocycles. The van der Waals surface area contributed by atoms with E-state index in [-0.39, 0.29) is 12.0 Å². The van der Waals surface area contributed by atoms with Gasteiger partial charge < -0.3 is 14.8 Å². The number of hydrogen-bond acceptors (Lipinski definition) is 5. The Morgan fingerprint density at radius 3 is 2.41 bits per heavy atom. The molecule has 1 atom stereocenters. The normalized spacial score (nSPS) is 17.9. The van der Waals surface area contributed by atoms with Crippen molar-refractivity contribution < 1.29 is 23.9 Å². The molecule has 3 aromatic carbocycles. The van der Waals surface area contributed by atoms with Gasteiger partial charge in [0.25, 0.3) is 5.91 Å². The smallest absolute Gasteiger partial charge is 0.339 e. The molecule has 29 heavy (non-hydrogen) atoms. The maximum absolute atomic E-state index is 13.1. The molecule has 146 valence electrons. The second-order valence-corrected chi connectivity index (χ2v) is 7.14. The number of carbonyl (C=O) groups excluding carboxylic acids is 3. The lowest BCUT2D eigenvalue weighted by molar-refractivity contribution is -0.134. The lowest BCUT2D eigenvalue weighted by atomic mass is 9.89. The summed E-state index contributed by atoms with van der Waals surface area (Å²) in [6.45, 7) is 1.56. The topological polar surface area (TPSA) is 81.7 Å². The standard InChI is InChI=1S/C23H19NO5/c1-23(13-16-9-5-6-10-17(16)21(26)29-23)22(27)24-19-12-15-8-4-3-7-14(15)11-18(19)20(25)28-2/h3-12H,13H2,1-2H3,(H,24,27). The van der Waals surface area contributed by atoms with Crippen LogP contribution in [-0.2, 0) is 20.7 Å². The second-order valence-electron chi connectivity index (χ2n) is 7.14. The molecule has 0 aromatic heterocycles. The number of amides is 1. The summed E-state index contributed by atoms with van der Waals surface area (Å²) in [5.41, 5.74) is 0.332. The first-order valence-corrected chi connectivity index (χ1v) is 9.15. The van der Waals surface area contributed by atoms with Crippen molar-refractivity contribution in [2.24, 2.45) is 0 Å². The molecule has 0 aliphatic carbocycles. The Bertz CT molecular complexity index is 1150. The van der Waals surface area contributed by atoms with Gasteiger partial charge in [-0.15, -0.1) is 0 Å². The Kier molecular flexibility index (Phi) is 4.54. The molecule has 4 rings (SSSR count). The van der Waals surface area contributed by atoms with E-state index in [2.05, 4.69) is 5.32 Å². The van der Waals surface area contributed by atoms with Crippen molar-refractivity contribution in [3.63, 3.8) is 0 Å². The van der Waals surface area contributed by atoms with Crippen molar-refractivity contribution in [1.29, 1.82) is 0 Å². The highest BCUT2D eigenvalue weighted by molar-refractivity contribution is 6.08. The summed E-state index contributed by atoms with van der Waals surface area (Å²) < 4.78 is 10.3. The van der Waals surface area contributed by atoms with Crippen LogP contribution in [0.3, 0.4) is 0 Å². The van der Waals surface area contributed by atoms with Gasteiger partial charge in [0.15, 0.2) is 5.60 Å². The number of fused-ring (bicyclic) bond motifs is 2. The summed E-state index contributed by atoms with van der Waals surface area (Å²) in [7, 11) is 1.28. The quantitative estimate of drug-likeness (QED) is 0.690. The van der Waals surface area contributed by atoms with Crippen LogP contribution in [-0.4, -0.2) is 30.6 Å². The van der Waals surface area contributed by atoms with Gasteiger partial charge >= 0.3 is 11.9 Å². The number of methoxy groups -OCH3 is 1. The molecule has 0 saturated carbocycles. The summed E-state index contributed by atoms with van der Waals surface area (Å²) in [6.07, 6.45) is 0.238. The molecule has 1 aliphatic rings. The van der Waals surface area contributed by atoms with Crippen LogP contribution in [0.1, 0.15) is 33.2 Å². The van der Waals surface area contributed by atoms with Crippen molar-refractivity contribution in [1.82, 2.24) is 0 Å². The maximum Gasteiger partial charge on any atom is 0.339 e. The zero-order chi connectivity index (χ0) is 20.6. The number of benzene rings is 3. The van der Waals surface area contributed by atoms with E-state index in [4.69, 9.17) is 9.47 Å². The first-order valence-electron chi connectivity index (χ1n) is 9.15. The third kappa shape index (κ3) is 3.33. The molecule has 1 aliphatic heterocycles. The first-order chi connectivity index (χ1) is 13.9. The van der Waals surface area contributed by atoms with E-state index in [1.165, 1.54) is 7.11 Å². The fourth-order valence-corrected chi connectivity index (χ4v) is 3.54. The van der Waals surface area contributed by atoms with E-state index in [0.29, 0.717) is 11.3 Å². The molecule has 1 N–H and O–H groups in total. The van der Waals surface area contributed by atoms with Gasteiger partial charge in [0.05, 0.1) is 23.9 Å². The predicted molar refractivity (Wildman–Crippen MR) is 108 cm³/mol.